The number of hydrogen-bond donors (Lipinski definition) is 0. The maximum absolute atomic E-state index is 12.0. The van der Waals surface area contributed by atoms with Crippen LogP contribution in [0, 0.1) is 0 Å². The van der Waals surface area contributed by atoms with E-state index in [1.165, 1.54) is 0 Å². The lowest BCUT2D eigenvalue weighted by Crippen LogP contribution is -2.45. The Bertz CT molecular complexity index is 216. The second kappa shape index (κ2) is 4.64. The lowest BCUT2D eigenvalue weighted by atomic mass is 10.2. The second-order valence-electron chi connectivity index (χ2n) is 5.71. The summed E-state index contributed by atoms with van der Waals surface area (Å²) in [5, 5.41) is 0.299. The van der Waals surface area contributed by atoms with Gasteiger partial charge in [0.15, 0.2) is 0 Å². The predicted molar refractivity (Wildman–Crippen MR) is 75.1 cm³/mol. The molecule has 0 aliphatic carbocycles. The quantitative estimate of drug-likeness (QED) is 0.430. The zero-order chi connectivity index (χ0) is 11.7. The molecule has 0 unspecified atom stereocenters. The molecule has 0 saturated carbocycles. The summed E-state index contributed by atoms with van der Waals surface area (Å²) in [6.45, 7) is 15.6. The maximum Gasteiger partial charge on any atom is 0.145 e. The monoisotopic (exact) mass is 326 g/mol. The van der Waals surface area contributed by atoms with Gasteiger partial charge in [-0.3, -0.25) is 4.79 Å². The summed E-state index contributed by atoms with van der Waals surface area (Å²) in [7, 11) is -1.49. The van der Waals surface area contributed by atoms with Gasteiger partial charge in [0.25, 0.3) is 0 Å². The molecule has 0 aromatic carbocycles. The molecule has 0 N–H and O–H groups in total. The third-order valence-electron chi connectivity index (χ3n) is 3.83. The summed E-state index contributed by atoms with van der Waals surface area (Å²) in [4.78, 5) is 12.0. The highest BCUT2D eigenvalue weighted by atomic mass is 127. The van der Waals surface area contributed by atoms with Gasteiger partial charge in [0.1, 0.15) is 5.78 Å². The third kappa shape index (κ3) is 3.05. The van der Waals surface area contributed by atoms with E-state index in [4.69, 9.17) is 0 Å². The molecule has 14 heavy (non-hydrogen) atoms. The highest BCUT2D eigenvalue weighted by molar-refractivity contribution is 14.1. The number of halogens is 1. The van der Waals surface area contributed by atoms with Crippen LogP contribution in [0.25, 0.3) is 0 Å². The fraction of sp³-hybridized carbons (Fsp3) is 0.909. The highest BCUT2D eigenvalue weighted by Gasteiger charge is 2.43. The zero-order valence-electron chi connectivity index (χ0n) is 10.4. The van der Waals surface area contributed by atoms with E-state index in [-0.39, 0.29) is 9.47 Å². The van der Waals surface area contributed by atoms with E-state index < -0.39 is 8.07 Å². The molecular weight excluding hydrogens is 303 g/mol. The first kappa shape index (κ1) is 14.6. The Morgan fingerprint density at radius 3 is 1.79 bits per heavy atom. The standard InChI is InChI=1S/C11H23IOSi/c1-8(12)10(13)9(2)14(6,7)11(3,4)5/h8-9H,1-7H3/t8-,9-/m0/s1. The smallest absolute Gasteiger partial charge is 0.145 e. The van der Waals surface area contributed by atoms with Crippen molar-refractivity contribution >= 4 is 36.4 Å². The summed E-state index contributed by atoms with van der Waals surface area (Å²) >= 11 is 2.22. The van der Waals surface area contributed by atoms with Gasteiger partial charge in [-0.2, -0.15) is 0 Å². The number of alkyl halides is 1. The van der Waals surface area contributed by atoms with Gasteiger partial charge in [-0.15, -0.1) is 0 Å². The van der Waals surface area contributed by atoms with Crippen LogP contribution in [0.3, 0.4) is 0 Å². The molecule has 2 atom stereocenters. The van der Waals surface area contributed by atoms with Gasteiger partial charge >= 0.3 is 0 Å². The molecule has 0 saturated heterocycles. The molecular formula is C11H23IOSi. The van der Waals surface area contributed by atoms with Gasteiger partial charge < -0.3 is 0 Å². The van der Waals surface area contributed by atoms with Gasteiger partial charge in [0, 0.05) is 5.54 Å². The van der Waals surface area contributed by atoms with Crippen LogP contribution in [0.1, 0.15) is 34.6 Å². The lowest BCUT2D eigenvalue weighted by molar-refractivity contribution is -0.117. The first-order chi connectivity index (χ1) is 6.01. The molecule has 84 valence electrons. The molecule has 0 aliphatic rings. The van der Waals surface area contributed by atoms with Crippen molar-refractivity contribution in [3.63, 3.8) is 0 Å². The van der Waals surface area contributed by atoms with Crippen molar-refractivity contribution in [2.24, 2.45) is 0 Å². The number of hydrogen-bond acceptors (Lipinski definition) is 1. The summed E-state index contributed by atoms with van der Waals surface area (Å²) < 4.78 is 0.150. The van der Waals surface area contributed by atoms with Crippen molar-refractivity contribution in [1.29, 1.82) is 0 Å². The van der Waals surface area contributed by atoms with Crippen LogP contribution in [0.15, 0.2) is 0 Å². The van der Waals surface area contributed by atoms with E-state index in [1.807, 2.05) is 6.92 Å². The van der Waals surface area contributed by atoms with Gasteiger partial charge in [-0.05, 0) is 12.0 Å². The Hall–Kier alpha value is 0.617. The van der Waals surface area contributed by atoms with E-state index in [0.717, 1.165) is 0 Å². The number of ketones is 1. The molecule has 0 heterocycles. The molecule has 0 aromatic rings. The van der Waals surface area contributed by atoms with E-state index in [9.17, 15) is 4.79 Å². The van der Waals surface area contributed by atoms with Gasteiger partial charge in [0.2, 0.25) is 0 Å². The molecule has 0 aromatic heterocycles. The van der Waals surface area contributed by atoms with E-state index in [0.29, 0.717) is 10.8 Å². The minimum Gasteiger partial charge on any atom is -0.299 e. The first-order valence-corrected chi connectivity index (χ1v) is 9.52. The summed E-state index contributed by atoms with van der Waals surface area (Å²) in [6, 6.07) is 0. The van der Waals surface area contributed by atoms with Crippen molar-refractivity contribution in [2.45, 2.75) is 62.2 Å². The Morgan fingerprint density at radius 2 is 1.57 bits per heavy atom. The van der Waals surface area contributed by atoms with Gasteiger partial charge in [-0.1, -0.05) is 63.4 Å². The number of carbonyl (C=O) groups excluding carboxylic acids is 1. The Balaban J connectivity index is 4.85. The van der Waals surface area contributed by atoms with Crippen LogP contribution in [0.5, 0.6) is 0 Å². The Kier molecular flexibility index (Phi) is 4.84. The fourth-order valence-electron chi connectivity index (χ4n) is 1.35. The largest absolute Gasteiger partial charge is 0.299 e. The fourth-order valence-corrected chi connectivity index (χ4v) is 4.49. The molecule has 0 radical (unpaired) electrons. The summed E-state index contributed by atoms with van der Waals surface area (Å²) in [5.41, 5.74) is 0.259. The van der Waals surface area contributed by atoms with E-state index in [2.05, 4.69) is 63.4 Å². The molecule has 1 nitrogen and oxygen atoms in total. The number of rotatable bonds is 3. The van der Waals surface area contributed by atoms with Crippen molar-refractivity contribution in [3.8, 4) is 0 Å². The predicted octanol–water partition coefficient (Wildman–Crippen LogP) is 4.28. The summed E-state index contributed by atoms with van der Waals surface area (Å²) in [5.74, 6) is 0.428. The van der Waals surface area contributed by atoms with Crippen LogP contribution in [0.2, 0.25) is 23.7 Å². The molecule has 3 heteroatoms. The summed E-state index contributed by atoms with van der Waals surface area (Å²) in [6.07, 6.45) is 0. The molecule has 0 rings (SSSR count). The number of carbonyl (C=O) groups is 1. The van der Waals surface area contributed by atoms with E-state index >= 15 is 0 Å². The molecule has 0 amide bonds. The third-order valence-corrected chi connectivity index (χ3v) is 10.8. The Morgan fingerprint density at radius 1 is 1.21 bits per heavy atom. The minimum absolute atomic E-state index is 0.150. The maximum atomic E-state index is 12.0. The average molecular weight is 326 g/mol. The normalized spacial score (nSPS) is 17.7. The molecule has 0 bridgehead atoms. The lowest BCUT2D eigenvalue weighted by Gasteiger charge is -2.41. The van der Waals surface area contributed by atoms with Gasteiger partial charge in [-0.25, -0.2) is 0 Å². The molecule has 0 fully saturated rings. The minimum atomic E-state index is -1.49. The van der Waals surface area contributed by atoms with Crippen LogP contribution < -0.4 is 0 Å². The topological polar surface area (TPSA) is 17.1 Å². The average Bonchev–Trinajstić information content (AvgIpc) is 1.99. The van der Waals surface area contributed by atoms with Crippen LogP contribution in [-0.2, 0) is 4.79 Å². The van der Waals surface area contributed by atoms with Crippen molar-refractivity contribution in [3.05, 3.63) is 0 Å². The van der Waals surface area contributed by atoms with Crippen molar-refractivity contribution < 1.29 is 4.79 Å². The number of Topliss-reactive ketones (excluding diaryl/α,β-unsaturated/α-hetero) is 1. The SMILES string of the molecule is C[C@H](I)C(=O)[C@H](C)[Si](C)(C)C(C)(C)C. The van der Waals surface area contributed by atoms with E-state index in [1.54, 1.807) is 0 Å². The van der Waals surface area contributed by atoms with Crippen molar-refractivity contribution in [2.75, 3.05) is 0 Å². The highest BCUT2D eigenvalue weighted by Crippen LogP contribution is 2.44. The van der Waals surface area contributed by atoms with Crippen LogP contribution in [-0.4, -0.2) is 17.8 Å². The Labute approximate surface area is 103 Å². The van der Waals surface area contributed by atoms with Crippen LogP contribution >= 0.6 is 22.6 Å². The second-order valence-corrected chi connectivity index (χ2v) is 13.4. The molecule has 0 spiro atoms. The first-order valence-electron chi connectivity index (χ1n) is 5.19. The van der Waals surface area contributed by atoms with Crippen LogP contribution in [0.4, 0.5) is 0 Å². The van der Waals surface area contributed by atoms with Gasteiger partial charge in [0.05, 0.1) is 12.0 Å². The zero-order valence-corrected chi connectivity index (χ0v) is 13.6. The molecule has 0 aliphatic heterocycles. The van der Waals surface area contributed by atoms with Crippen molar-refractivity contribution in [1.82, 2.24) is 0 Å².